The standard InChI is InChI=1S/C21H26FN7O3S.C14H12FN3O.C13H14FN3.C7H14N4O2S/c1-13(2)17-6-15(22)7-18(14-9-23-12-24-10-14)20(17)25-21(30)27-33(31,32)19-8-16(11-28(3)4)29(5)26-19;1-9(2)12-3-11(15)4-13(14(12)18-8-19)10-5-16-7-17-6-10;1-8(2)11-3-10(14)4-12(13(11)15)9-5-16-7-17-6-9;1-10(2)5-6-4-7(9-11(6)3)14(8,12)13/h6-10,12-13H,11H2,1-5H3,(H2,25,27,30);3-7,9H,1-2H3;3-8H,15H2,1-2H3;4H,5H2,1-3H3,(H2,8,12,13). The maximum absolute atomic E-state index is 14.3. The number of amides is 2. The van der Waals surface area contributed by atoms with Crippen LogP contribution in [-0.2, 0) is 52.0 Å². The van der Waals surface area contributed by atoms with E-state index >= 15 is 0 Å². The molecule has 440 valence electrons. The van der Waals surface area contributed by atoms with Crippen LogP contribution in [0.1, 0.15) is 87.4 Å². The summed E-state index contributed by atoms with van der Waals surface area (Å²) in [6.07, 6.45) is 15.0. The number of nitrogens with one attached hydrogen (secondary N) is 2. The first-order valence-electron chi connectivity index (χ1n) is 25.3. The molecule has 5 heterocycles. The zero-order valence-corrected chi connectivity index (χ0v) is 49.5. The maximum atomic E-state index is 14.3. The second-order valence-corrected chi connectivity index (χ2v) is 23.2. The van der Waals surface area contributed by atoms with Gasteiger partial charge in [-0.15, -0.1) is 0 Å². The second-order valence-electron chi connectivity index (χ2n) is 20.1. The van der Waals surface area contributed by atoms with E-state index in [2.05, 4.69) is 50.4 Å². The van der Waals surface area contributed by atoms with Crippen LogP contribution in [0.4, 0.5) is 35.0 Å². The Labute approximate surface area is 480 Å². The number of sulfonamides is 2. The zero-order valence-electron chi connectivity index (χ0n) is 47.8. The number of isocyanates is 1. The number of aromatic nitrogens is 10. The monoisotopic (exact) mass is 1180 g/mol. The molecule has 0 unspecified atom stereocenters. The Morgan fingerprint density at radius 3 is 1.41 bits per heavy atom. The zero-order chi connectivity index (χ0) is 61.5. The lowest BCUT2D eigenvalue weighted by molar-refractivity contribution is 0.256. The van der Waals surface area contributed by atoms with E-state index in [9.17, 15) is 39.6 Å². The van der Waals surface area contributed by atoms with Gasteiger partial charge in [0.05, 0.1) is 22.8 Å². The third-order valence-corrected chi connectivity index (χ3v) is 13.9. The van der Waals surface area contributed by atoms with Gasteiger partial charge in [0.15, 0.2) is 10.1 Å². The van der Waals surface area contributed by atoms with Crippen LogP contribution in [0, 0.1) is 17.5 Å². The van der Waals surface area contributed by atoms with Crippen molar-refractivity contribution in [3.63, 3.8) is 0 Å². The number of nitrogens with zero attached hydrogens (tertiary/aromatic N) is 13. The number of hydrogen-bond acceptors (Lipinski definition) is 18. The Hall–Kier alpha value is -8.66. The maximum Gasteiger partial charge on any atom is 0.333 e. The summed E-state index contributed by atoms with van der Waals surface area (Å²) in [5, 5.41) is 15.0. The van der Waals surface area contributed by atoms with Gasteiger partial charge in [-0.3, -0.25) is 9.36 Å². The number of aryl methyl sites for hydroxylation is 2. The Bertz CT molecular complexity index is 3790. The van der Waals surface area contributed by atoms with E-state index < -0.39 is 31.9 Å². The molecule has 0 saturated carbocycles. The highest BCUT2D eigenvalue weighted by Crippen LogP contribution is 2.38. The first kappa shape index (κ1) is 65.2. The van der Waals surface area contributed by atoms with Gasteiger partial charge < -0.3 is 20.9 Å². The summed E-state index contributed by atoms with van der Waals surface area (Å²) in [7, 11) is 2.85. The summed E-state index contributed by atoms with van der Waals surface area (Å²) in [6, 6.07) is 10.0. The first-order chi connectivity index (χ1) is 39.0. The van der Waals surface area contributed by atoms with Crippen molar-refractivity contribution in [1.29, 1.82) is 0 Å². The Morgan fingerprint density at radius 1 is 0.602 bits per heavy atom. The number of benzene rings is 3. The van der Waals surface area contributed by atoms with Crippen molar-refractivity contribution >= 4 is 49.2 Å². The molecule has 8 rings (SSSR count). The molecule has 0 aliphatic heterocycles. The van der Waals surface area contributed by atoms with Crippen LogP contribution in [0.15, 0.2) is 120 Å². The fraction of sp³-hybridized carbons (Fsp3) is 0.309. The molecular weight excluding hydrogens is 1120 g/mol. The fourth-order valence-corrected chi connectivity index (χ4v) is 9.51. The summed E-state index contributed by atoms with van der Waals surface area (Å²) in [5.41, 5.74) is 14.0. The van der Waals surface area contributed by atoms with E-state index in [1.807, 2.05) is 84.3 Å². The predicted octanol–water partition coefficient (Wildman–Crippen LogP) is 8.20. The lowest BCUT2D eigenvalue weighted by atomic mass is 9.95. The molecule has 0 spiro atoms. The smallest absolute Gasteiger partial charge is 0.333 e. The number of urea groups is 1. The average Bonchev–Trinajstić information content (AvgIpc) is 4.16. The van der Waals surface area contributed by atoms with Crippen LogP contribution < -0.4 is 20.9 Å². The molecule has 5 aromatic heterocycles. The van der Waals surface area contributed by atoms with E-state index in [0.29, 0.717) is 69.1 Å². The average molecular weight is 1180 g/mol. The summed E-state index contributed by atoms with van der Waals surface area (Å²) in [5.74, 6) is -1.13. The highest BCUT2D eigenvalue weighted by molar-refractivity contribution is 7.90. The molecule has 0 radical (unpaired) electrons. The minimum absolute atomic E-state index is 0.0335. The quantitative estimate of drug-likeness (QED) is 0.0427. The molecule has 8 aromatic rings. The Balaban J connectivity index is 0.000000216. The van der Waals surface area contributed by atoms with Crippen molar-refractivity contribution in [2.45, 2.75) is 82.4 Å². The van der Waals surface area contributed by atoms with E-state index in [0.717, 1.165) is 16.8 Å². The molecule has 2 amide bonds. The van der Waals surface area contributed by atoms with Crippen LogP contribution >= 0.6 is 0 Å². The molecule has 0 aliphatic carbocycles. The molecule has 0 bridgehead atoms. The van der Waals surface area contributed by atoms with Gasteiger partial charge in [0, 0.05) is 116 Å². The van der Waals surface area contributed by atoms with E-state index in [4.69, 9.17) is 10.9 Å². The highest BCUT2D eigenvalue weighted by atomic mass is 32.2. The Morgan fingerprint density at radius 2 is 0.988 bits per heavy atom. The lowest BCUT2D eigenvalue weighted by Gasteiger charge is -2.18. The number of hydrogen-bond donors (Lipinski definition) is 4. The largest absolute Gasteiger partial charge is 0.398 e. The predicted molar refractivity (Wildman–Crippen MR) is 309 cm³/mol. The third kappa shape index (κ3) is 18.2. The van der Waals surface area contributed by atoms with Crippen molar-refractivity contribution in [3.05, 3.63) is 150 Å². The van der Waals surface area contributed by atoms with Crippen molar-refractivity contribution < 1.29 is 39.6 Å². The molecule has 28 heteroatoms. The fourth-order valence-electron chi connectivity index (χ4n) is 8.05. The van der Waals surface area contributed by atoms with Crippen LogP contribution in [0.3, 0.4) is 0 Å². The SMILES string of the molecule is CC(C)c1cc(F)cc(-c2cncnc2)c1N.CC(C)c1cc(F)cc(-c2cncnc2)c1N=C=O.CC(C)c1cc(F)cc(-c2cncnc2)c1NC(=O)NS(=O)(=O)c1cc(CN(C)C)n(C)n1.CN(C)Cc1cc(S(N)(=O)=O)nn1C. The summed E-state index contributed by atoms with van der Waals surface area (Å²) in [6.45, 7) is 12.5. The van der Waals surface area contributed by atoms with E-state index in [-0.39, 0.29) is 45.1 Å². The van der Waals surface area contributed by atoms with Gasteiger partial charge in [-0.1, -0.05) is 41.5 Å². The van der Waals surface area contributed by atoms with Crippen molar-refractivity contribution in [2.24, 2.45) is 24.2 Å². The van der Waals surface area contributed by atoms with Crippen LogP contribution in [-0.4, -0.2) is 116 Å². The van der Waals surface area contributed by atoms with Crippen LogP contribution in [0.25, 0.3) is 33.4 Å². The van der Waals surface area contributed by atoms with E-state index in [1.165, 1.54) is 95.4 Å². The molecule has 6 N–H and O–H groups in total. The number of nitrogen functional groups attached to an aromatic ring is 1. The van der Waals surface area contributed by atoms with Crippen LogP contribution in [0.2, 0.25) is 0 Å². The van der Waals surface area contributed by atoms with Crippen molar-refractivity contribution in [3.8, 4) is 33.4 Å². The van der Waals surface area contributed by atoms with Gasteiger partial charge in [-0.25, -0.2) is 70.9 Å². The minimum Gasteiger partial charge on any atom is -0.398 e. The van der Waals surface area contributed by atoms with Gasteiger partial charge >= 0.3 is 6.03 Å². The first-order valence-corrected chi connectivity index (χ1v) is 28.4. The number of carbonyl (C=O) groups is 1. The molecule has 83 heavy (non-hydrogen) atoms. The normalized spacial score (nSPS) is 11.3. The van der Waals surface area contributed by atoms with Gasteiger partial charge in [0.1, 0.15) is 36.4 Å². The molecule has 0 fully saturated rings. The number of nitrogens with two attached hydrogens (primary N) is 2. The highest BCUT2D eigenvalue weighted by Gasteiger charge is 2.25. The number of primary sulfonamides is 1. The summed E-state index contributed by atoms with van der Waals surface area (Å²) >= 11 is 0. The third-order valence-electron chi connectivity index (χ3n) is 12.0. The molecule has 3 aromatic carbocycles. The molecule has 0 atom stereocenters. The van der Waals surface area contributed by atoms with E-state index in [1.54, 1.807) is 38.9 Å². The van der Waals surface area contributed by atoms with Gasteiger partial charge in [0.2, 0.25) is 6.08 Å². The molecule has 23 nitrogen and oxygen atoms in total. The lowest BCUT2D eigenvalue weighted by Crippen LogP contribution is -2.35. The second kappa shape index (κ2) is 28.8. The number of carbonyl (C=O) groups excluding carboxylic acids is 2. The van der Waals surface area contributed by atoms with Crippen molar-refractivity contribution in [2.75, 3.05) is 39.2 Å². The Kier molecular flexibility index (Phi) is 22.6. The van der Waals surface area contributed by atoms with Crippen LogP contribution in [0.5, 0.6) is 0 Å². The number of rotatable bonds is 15. The van der Waals surface area contributed by atoms with Gasteiger partial charge in [-0.2, -0.15) is 23.6 Å². The number of aliphatic imine (C=N–C) groups is 1. The van der Waals surface area contributed by atoms with Gasteiger partial charge in [0.25, 0.3) is 20.0 Å². The molecular formula is C55H66F3N17O6S2. The molecule has 0 aliphatic rings. The minimum atomic E-state index is -4.25. The number of anilines is 2. The molecule has 0 saturated heterocycles. The summed E-state index contributed by atoms with van der Waals surface area (Å²) in [4.78, 5) is 54.4. The topological polar surface area (TPSA) is 310 Å². The van der Waals surface area contributed by atoms with Crippen molar-refractivity contribution in [1.82, 2.24) is 64.0 Å². The number of halogens is 3. The summed E-state index contributed by atoms with van der Waals surface area (Å²) < 4.78 is 94.0. The van der Waals surface area contributed by atoms with Gasteiger partial charge in [-0.05, 0) is 99.0 Å².